The molecule has 1 fully saturated rings. The standard InChI is InChI=1S/C14H22N2O4/c1-18-8-9-19-7-6-13-15-14(20-16-13)10-11-4-2-3-5-12(11)17/h11H,2-10H2,1H3. The second-order valence-electron chi connectivity index (χ2n) is 5.07. The number of hydrogen-bond donors (Lipinski definition) is 0. The Bertz CT molecular complexity index is 419. The third-order valence-electron chi connectivity index (χ3n) is 3.51. The van der Waals surface area contributed by atoms with E-state index in [4.69, 9.17) is 14.0 Å². The predicted molar refractivity (Wildman–Crippen MR) is 71.4 cm³/mol. The first kappa shape index (κ1) is 15.1. The van der Waals surface area contributed by atoms with Gasteiger partial charge in [-0.1, -0.05) is 11.6 Å². The van der Waals surface area contributed by atoms with Crippen molar-refractivity contribution < 1.29 is 18.8 Å². The molecule has 0 saturated heterocycles. The molecule has 1 heterocycles. The van der Waals surface area contributed by atoms with Crippen molar-refractivity contribution in [2.24, 2.45) is 5.92 Å². The van der Waals surface area contributed by atoms with Gasteiger partial charge in [-0.25, -0.2) is 0 Å². The molecule has 1 aliphatic rings. The smallest absolute Gasteiger partial charge is 0.227 e. The molecule has 1 aromatic rings. The van der Waals surface area contributed by atoms with E-state index in [0.717, 1.165) is 19.3 Å². The molecule has 1 saturated carbocycles. The molecule has 0 amide bonds. The molecule has 112 valence electrons. The molecule has 6 heteroatoms. The lowest BCUT2D eigenvalue weighted by atomic mass is 9.86. The predicted octanol–water partition coefficient (Wildman–Crippen LogP) is 1.58. The van der Waals surface area contributed by atoms with E-state index in [1.54, 1.807) is 7.11 Å². The highest BCUT2D eigenvalue weighted by Crippen LogP contribution is 2.23. The second-order valence-corrected chi connectivity index (χ2v) is 5.07. The highest BCUT2D eigenvalue weighted by atomic mass is 16.5. The minimum Gasteiger partial charge on any atom is -0.382 e. The largest absolute Gasteiger partial charge is 0.382 e. The van der Waals surface area contributed by atoms with Crippen LogP contribution in [0.5, 0.6) is 0 Å². The maximum Gasteiger partial charge on any atom is 0.227 e. The van der Waals surface area contributed by atoms with E-state index in [2.05, 4.69) is 10.1 Å². The van der Waals surface area contributed by atoms with Gasteiger partial charge in [-0.05, 0) is 12.8 Å². The van der Waals surface area contributed by atoms with E-state index in [1.165, 1.54) is 0 Å². The number of rotatable bonds is 8. The Hall–Kier alpha value is -1.27. The Kier molecular flexibility index (Phi) is 6.14. The Morgan fingerprint density at radius 2 is 2.20 bits per heavy atom. The van der Waals surface area contributed by atoms with Crippen LogP contribution in [0.25, 0.3) is 0 Å². The molecule has 0 N–H and O–H groups in total. The average molecular weight is 282 g/mol. The molecular formula is C14H22N2O4. The topological polar surface area (TPSA) is 74.5 Å². The molecule has 1 aromatic heterocycles. The van der Waals surface area contributed by atoms with Gasteiger partial charge in [0.1, 0.15) is 5.78 Å². The van der Waals surface area contributed by atoms with Crippen LogP contribution in [-0.2, 0) is 27.1 Å². The highest BCUT2D eigenvalue weighted by Gasteiger charge is 2.24. The van der Waals surface area contributed by atoms with Crippen LogP contribution >= 0.6 is 0 Å². The molecule has 0 bridgehead atoms. The van der Waals surface area contributed by atoms with Crippen LogP contribution in [0.4, 0.5) is 0 Å². The van der Waals surface area contributed by atoms with Gasteiger partial charge in [-0.15, -0.1) is 0 Å². The lowest BCUT2D eigenvalue weighted by molar-refractivity contribution is -0.124. The summed E-state index contributed by atoms with van der Waals surface area (Å²) in [5.74, 6) is 1.60. The van der Waals surface area contributed by atoms with Gasteiger partial charge in [0.15, 0.2) is 5.82 Å². The number of hydrogen-bond acceptors (Lipinski definition) is 6. The van der Waals surface area contributed by atoms with Crippen molar-refractivity contribution in [2.75, 3.05) is 26.9 Å². The number of ketones is 1. The van der Waals surface area contributed by atoms with E-state index >= 15 is 0 Å². The molecular weight excluding hydrogens is 260 g/mol. The summed E-state index contributed by atoms with van der Waals surface area (Å²) in [6.07, 6.45) is 4.96. The minimum atomic E-state index is 0.0648. The SMILES string of the molecule is COCCOCCc1noc(CC2CCCCC2=O)n1. The van der Waals surface area contributed by atoms with Gasteiger partial charge in [0.05, 0.1) is 19.8 Å². The van der Waals surface area contributed by atoms with E-state index in [0.29, 0.717) is 56.6 Å². The van der Waals surface area contributed by atoms with Crippen LogP contribution in [0, 0.1) is 5.92 Å². The third kappa shape index (κ3) is 4.68. The normalized spacial score (nSPS) is 19.4. The van der Waals surface area contributed by atoms with Gasteiger partial charge in [-0.2, -0.15) is 4.98 Å². The van der Waals surface area contributed by atoms with Gasteiger partial charge in [0, 0.05) is 32.3 Å². The fourth-order valence-corrected chi connectivity index (χ4v) is 2.36. The van der Waals surface area contributed by atoms with Gasteiger partial charge in [0.25, 0.3) is 0 Å². The van der Waals surface area contributed by atoms with Crippen LogP contribution in [0.15, 0.2) is 4.52 Å². The Balaban J connectivity index is 1.72. The number of ether oxygens (including phenoxy) is 2. The van der Waals surface area contributed by atoms with Crippen molar-refractivity contribution in [1.29, 1.82) is 0 Å². The first-order valence-electron chi connectivity index (χ1n) is 7.20. The minimum absolute atomic E-state index is 0.0648. The zero-order valence-electron chi connectivity index (χ0n) is 12.0. The van der Waals surface area contributed by atoms with Crippen LogP contribution in [0.1, 0.15) is 37.4 Å². The van der Waals surface area contributed by atoms with Crippen LogP contribution in [-0.4, -0.2) is 42.9 Å². The van der Waals surface area contributed by atoms with E-state index in [9.17, 15) is 4.79 Å². The molecule has 6 nitrogen and oxygen atoms in total. The first-order chi connectivity index (χ1) is 9.79. The van der Waals surface area contributed by atoms with E-state index < -0.39 is 0 Å². The number of carbonyl (C=O) groups excluding carboxylic acids is 1. The molecule has 0 radical (unpaired) electrons. The summed E-state index contributed by atoms with van der Waals surface area (Å²) < 4.78 is 15.4. The van der Waals surface area contributed by atoms with Gasteiger partial charge < -0.3 is 14.0 Å². The maximum atomic E-state index is 11.8. The summed E-state index contributed by atoms with van der Waals surface area (Å²) in [7, 11) is 1.64. The number of aromatic nitrogens is 2. The second kappa shape index (κ2) is 8.11. The summed E-state index contributed by atoms with van der Waals surface area (Å²) in [4.78, 5) is 16.1. The summed E-state index contributed by atoms with van der Waals surface area (Å²) in [6.45, 7) is 1.70. The van der Waals surface area contributed by atoms with Crippen molar-refractivity contribution in [1.82, 2.24) is 10.1 Å². The monoisotopic (exact) mass is 282 g/mol. The summed E-state index contributed by atoms with van der Waals surface area (Å²) >= 11 is 0. The lowest BCUT2D eigenvalue weighted by Crippen LogP contribution is -2.21. The fraction of sp³-hybridized carbons (Fsp3) is 0.786. The third-order valence-corrected chi connectivity index (χ3v) is 3.51. The van der Waals surface area contributed by atoms with Crippen molar-refractivity contribution >= 4 is 5.78 Å². The van der Waals surface area contributed by atoms with Crippen molar-refractivity contribution in [3.8, 4) is 0 Å². The lowest BCUT2D eigenvalue weighted by Gasteiger charge is -2.18. The number of carbonyl (C=O) groups is 1. The first-order valence-corrected chi connectivity index (χ1v) is 7.20. The molecule has 1 atom stereocenters. The van der Waals surface area contributed by atoms with Crippen molar-refractivity contribution in [3.63, 3.8) is 0 Å². The summed E-state index contributed by atoms with van der Waals surface area (Å²) in [6, 6.07) is 0. The molecule has 1 aliphatic carbocycles. The van der Waals surface area contributed by atoms with Crippen molar-refractivity contribution in [2.45, 2.75) is 38.5 Å². The molecule has 0 aromatic carbocycles. The summed E-state index contributed by atoms with van der Waals surface area (Å²) in [5, 5.41) is 3.92. The van der Waals surface area contributed by atoms with E-state index in [1.807, 2.05) is 0 Å². The Morgan fingerprint density at radius 1 is 1.30 bits per heavy atom. The summed E-state index contributed by atoms with van der Waals surface area (Å²) in [5.41, 5.74) is 0. The number of nitrogens with zero attached hydrogens (tertiary/aromatic N) is 2. The van der Waals surface area contributed by atoms with Crippen LogP contribution < -0.4 is 0 Å². The average Bonchev–Trinajstić information content (AvgIpc) is 2.89. The van der Waals surface area contributed by atoms with Crippen LogP contribution in [0.2, 0.25) is 0 Å². The number of methoxy groups -OCH3 is 1. The quantitative estimate of drug-likeness (QED) is 0.674. The maximum absolute atomic E-state index is 11.8. The van der Waals surface area contributed by atoms with Gasteiger partial charge in [0.2, 0.25) is 5.89 Å². The highest BCUT2D eigenvalue weighted by molar-refractivity contribution is 5.81. The Labute approximate surface area is 118 Å². The molecule has 0 aliphatic heterocycles. The molecule has 20 heavy (non-hydrogen) atoms. The van der Waals surface area contributed by atoms with Crippen LogP contribution in [0.3, 0.4) is 0 Å². The number of Topliss-reactive ketones (excluding diaryl/α,β-unsaturated/α-hetero) is 1. The molecule has 2 rings (SSSR count). The fourth-order valence-electron chi connectivity index (χ4n) is 2.36. The molecule has 1 unspecified atom stereocenters. The Morgan fingerprint density at radius 3 is 3.00 bits per heavy atom. The zero-order chi connectivity index (χ0) is 14.2. The van der Waals surface area contributed by atoms with Gasteiger partial charge >= 0.3 is 0 Å². The van der Waals surface area contributed by atoms with E-state index in [-0.39, 0.29) is 5.92 Å². The van der Waals surface area contributed by atoms with Gasteiger partial charge in [-0.3, -0.25) is 4.79 Å². The zero-order valence-corrected chi connectivity index (χ0v) is 12.0. The molecule has 0 spiro atoms. The van der Waals surface area contributed by atoms with Crippen molar-refractivity contribution in [3.05, 3.63) is 11.7 Å².